The number of esters is 1. The van der Waals surface area contributed by atoms with E-state index in [0.717, 1.165) is 30.1 Å². The van der Waals surface area contributed by atoms with Gasteiger partial charge in [-0.1, -0.05) is 0 Å². The Hall–Kier alpha value is -2.90. The molecular weight excluding hydrogens is 371 g/mol. The highest BCUT2D eigenvalue weighted by Gasteiger charge is 2.31. The smallest absolute Gasteiger partial charge is 0.417 e. The Labute approximate surface area is 161 Å². The van der Waals surface area contributed by atoms with Gasteiger partial charge in [-0.25, -0.2) is 9.79 Å². The molecule has 8 heteroatoms. The molecule has 1 aromatic carbocycles. The minimum Gasteiger partial charge on any atom is -0.457 e. The van der Waals surface area contributed by atoms with E-state index in [2.05, 4.69) is 9.98 Å². The van der Waals surface area contributed by atoms with E-state index in [9.17, 15) is 18.0 Å². The number of carbonyl (C=O) groups is 1. The molecule has 0 N–H and O–H groups in total. The largest absolute Gasteiger partial charge is 0.457 e. The number of halogens is 3. The lowest BCUT2D eigenvalue weighted by Crippen LogP contribution is -2.14. The van der Waals surface area contributed by atoms with Crippen molar-refractivity contribution in [3.8, 4) is 0 Å². The van der Waals surface area contributed by atoms with Gasteiger partial charge in [0.2, 0.25) is 0 Å². The van der Waals surface area contributed by atoms with Gasteiger partial charge in [-0.05, 0) is 50.1 Å². The maximum absolute atomic E-state index is 12.7. The summed E-state index contributed by atoms with van der Waals surface area (Å²) in [6, 6.07) is 4.23. The van der Waals surface area contributed by atoms with Crippen LogP contribution in [0.1, 0.15) is 39.5 Å². The van der Waals surface area contributed by atoms with Gasteiger partial charge in [-0.15, -0.1) is 0 Å². The molecule has 2 rings (SSSR count). The van der Waals surface area contributed by atoms with Crippen LogP contribution in [0.3, 0.4) is 0 Å². The van der Waals surface area contributed by atoms with Gasteiger partial charge < -0.3 is 9.64 Å². The first-order chi connectivity index (χ1) is 13.1. The Morgan fingerprint density at radius 2 is 1.96 bits per heavy atom. The fourth-order valence-electron chi connectivity index (χ4n) is 2.36. The number of aromatic nitrogens is 1. The zero-order chi connectivity index (χ0) is 20.9. The van der Waals surface area contributed by atoms with E-state index in [-0.39, 0.29) is 12.2 Å². The number of ether oxygens (including phenoxy) is 1. The average molecular weight is 393 g/mol. The maximum Gasteiger partial charge on any atom is 0.417 e. The summed E-state index contributed by atoms with van der Waals surface area (Å²) in [5.74, 6) is -0.612. The van der Waals surface area contributed by atoms with Crippen molar-refractivity contribution in [2.24, 2.45) is 4.99 Å². The van der Waals surface area contributed by atoms with Gasteiger partial charge in [0, 0.05) is 31.5 Å². The van der Waals surface area contributed by atoms with Crippen molar-refractivity contribution in [3.63, 3.8) is 0 Å². The highest BCUT2D eigenvalue weighted by atomic mass is 19.4. The summed E-state index contributed by atoms with van der Waals surface area (Å²) >= 11 is 0. The Morgan fingerprint density at radius 3 is 2.61 bits per heavy atom. The number of rotatable bonds is 6. The summed E-state index contributed by atoms with van der Waals surface area (Å²) in [5.41, 5.74) is 1.90. The highest BCUT2D eigenvalue weighted by molar-refractivity contribution is 5.92. The number of benzene rings is 1. The Balaban J connectivity index is 2.13. The van der Waals surface area contributed by atoms with Crippen LogP contribution in [0, 0.1) is 13.8 Å². The Bertz CT molecular complexity index is 879. The molecule has 0 saturated carbocycles. The zero-order valence-electron chi connectivity index (χ0n) is 16.2. The Kier molecular flexibility index (Phi) is 6.77. The number of aliphatic imine (C=N–C) groups is 1. The van der Waals surface area contributed by atoms with Gasteiger partial charge in [0.25, 0.3) is 0 Å². The normalized spacial score (nSPS) is 11.7. The fourth-order valence-corrected chi connectivity index (χ4v) is 2.36. The highest BCUT2D eigenvalue weighted by Crippen LogP contribution is 2.29. The quantitative estimate of drug-likeness (QED) is 0.406. The number of hydrogen-bond acceptors (Lipinski definition) is 4. The molecule has 2 aromatic rings. The average Bonchev–Trinajstić information content (AvgIpc) is 2.66. The summed E-state index contributed by atoms with van der Waals surface area (Å²) in [6.45, 7) is 6.15. The molecular formula is C20H22F3N3O2. The fraction of sp³-hybridized carbons (Fsp3) is 0.350. The third-order valence-electron chi connectivity index (χ3n) is 4.36. The van der Waals surface area contributed by atoms with Crippen LogP contribution in [0.15, 0.2) is 35.6 Å². The lowest BCUT2D eigenvalue weighted by molar-refractivity contribution is -0.137. The third kappa shape index (κ3) is 5.31. The van der Waals surface area contributed by atoms with E-state index in [1.54, 1.807) is 25.4 Å². The molecule has 0 aliphatic carbocycles. The molecule has 0 saturated heterocycles. The van der Waals surface area contributed by atoms with Gasteiger partial charge in [0.1, 0.15) is 6.61 Å². The van der Waals surface area contributed by atoms with Crippen molar-refractivity contribution in [2.45, 2.75) is 33.6 Å². The molecule has 0 bridgehead atoms. The van der Waals surface area contributed by atoms with Crippen LogP contribution in [0.25, 0.3) is 0 Å². The van der Waals surface area contributed by atoms with E-state index in [1.165, 1.54) is 6.20 Å². The molecule has 0 unspecified atom stereocenters. The van der Waals surface area contributed by atoms with Crippen molar-refractivity contribution < 1.29 is 22.7 Å². The molecule has 0 atom stereocenters. The standard InChI is InChI=1S/C20H22F3N3O2/c1-5-26(4)12-25-18-7-6-17(13(2)14(18)3)19(27)28-11-15-8-16(10-24-9-15)20(21,22)23/h6-10,12H,5,11H2,1-4H3. The summed E-state index contributed by atoms with van der Waals surface area (Å²) < 4.78 is 43.4. The summed E-state index contributed by atoms with van der Waals surface area (Å²) in [4.78, 5) is 22.3. The lowest BCUT2D eigenvalue weighted by Gasteiger charge is -2.13. The van der Waals surface area contributed by atoms with Crippen LogP contribution in [0.2, 0.25) is 0 Å². The molecule has 150 valence electrons. The third-order valence-corrected chi connectivity index (χ3v) is 4.36. The van der Waals surface area contributed by atoms with Crippen LogP contribution < -0.4 is 0 Å². The molecule has 0 amide bonds. The molecule has 28 heavy (non-hydrogen) atoms. The molecule has 0 spiro atoms. The number of alkyl halides is 3. The van der Waals surface area contributed by atoms with Crippen LogP contribution in [-0.4, -0.2) is 35.8 Å². The maximum atomic E-state index is 12.7. The number of carbonyl (C=O) groups excluding carboxylic acids is 1. The molecule has 0 aliphatic rings. The van der Waals surface area contributed by atoms with Gasteiger partial charge >= 0.3 is 12.1 Å². The minimum absolute atomic E-state index is 0.168. The molecule has 5 nitrogen and oxygen atoms in total. The van der Waals surface area contributed by atoms with E-state index in [4.69, 9.17) is 4.74 Å². The van der Waals surface area contributed by atoms with Crippen molar-refractivity contribution in [1.82, 2.24) is 9.88 Å². The molecule has 1 aromatic heterocycles. The Morgan fingerprint density at radius 1 is 1.25 bits per heavy atom. The molecule has 0 radical (unpaired) electrons. The topological polar surface area (TPSA) is 54.8 Å². The van der Waals surface area contributed by atoms with Gasteiger partial charge in [0.15, 0.2) is 0 Å². The van der Waals surface area contributed by atoms with Crippen LogP contribution in [0.4, 0.5) is 18.9 Å². The van der Waals surface area contributed by atoms with E-state index in [0.29, 0.717) is 11.1 Å². The second-order valence-electron chi connectivity index (χ2n) is 6.36. The first kappa shape index (κ1) is 21.4. The molecule has 0 fully saturated rings. The van der Waals surface area contributed by atoms with Crippen molar-refractivity contribution in [1.29, 1.82) is 0 Å². The van der Waals surface area contributed by atoms with Crippen LogP contribution in [0.5, 0.6) is 0 Å². The SMILES string of the molecule is CCN(C)C=Nc1ccc(C(=O)OCc2cncc(C(F)(F)F)c2)c(C)c1C. The molecule has 1 heterocycles. The number of hydrogen-bond donors (Lipinski definition) is 0. The minimum atomic E-state index is -4.50. The summed E-state index contributed by atoms with van der Waals surface area (Å²) in [5, 5.41) is 0. The first-order valence-electron chi connectivity index (χ1n) is 8.66. The second-order valence-corrected chi connectivity index (χ2v) is 6.36. The monoisotopic (exact) mass is 393 g/mol. The predicted molar refractivity (Wildman–Crippen MR) is 101 cm³/mol. The number of nitrogens with zero attached hydrogens (tertiary/aromatic N) is 3. The van der Waals surface area contributed by atoms with Crippen molar-refractivity contribution in [3.05, 3.63) is 58.4 Å². The first-order valence-corrected chi connectivity index (χ1v) is 8.66. The molecule has 0 aliphatic heterocycles. The van der Waals surface area contributed by atoms with E-state index < -0.39 is 17.7 Å². The lowest BCUT2D eigenvalue weighted by atomic mass is 10.0. The van der Waals surface area contributed by atoms with Crippen molar-refractivity contribution >= 4 is 18.0 Å². The van der Waals surface area contributed by atoms with Gasteiger partial charge in [0.05, 0.1) is 23.2 Å². The number of pyridine rings is 1. The predicted octanol–water partition coefficient (Wildman–Crippen LogP) is 4.69. The summed E-state index contributed by atoms with van der Waals surface area (Å²) in [6.07, 6.45) is -0.819. The zero-order valence-corrected chi connectivity index (χ0v) is 16.2. The van der Waals surface area contributed by atoms with Gasteiger partial charge in [-0.2, -0.15) is 13.2 Å². The summed E-state index contributed by atoms with van der Waals surface area (Å²) in [7, 11) is 1.90. The van der Waals surface area contributed by atoms with Crippen LogP contribution in [-0.2, 0) is 17.5 Å². The second kappa shape index (κ2) is 8.86. The van der Waals surface area contributed by atoms with E-state index >= 15 is 0 Å². The van der Waals surface area contributed by atoms with Crippen LogP contribution >= 0.6 is 0 Å². The van der Waals surface area contributed by atoms with E-state index in [1.807, 2.05) is 25.8 Å². The van der Waals surface area contributed by atoms with Crippen molar-refractivity contribution in [2.75, 3.05) is 13.6 Å². The van der Waals surface area contributed by atoms with Gasteiger partial charge in [-0.3, -0.25) is 4.98 Å².